The number of likely N-dealkylation sites (N-methyl/N-ethyl adjacent to an activating group) is 1. The van der Waals surface area contributed by atoms with Gasteiger partial charge in [-0.25, -0.2) is 0 Å². The van der Waals surface area contributed by atoms with Crippen LogP contribution in [0.5, 0.6) is 5.75 Å². The highest BCUT2D eigenvalue weighted by Gasteiger charge is 1.97. The van der Waals surface area contributed by atoms with Crippen molar-refractivity contribution >= 4 is 11.6 Å². The minimum atomic E-state index is 0.422. The molecule has 0 N–H and O–H groups in total. The van der Waals surface area contributed by atoms with Crippen LogP contribution in [0.1, 0.15) is 5.69 Å². The van der Waals surface area contributed by atoms with E-state index >= 15 is 0 Å². The second-order valence-electron chi connectivity index (χ2n) is 3.27. The normalized spacial score (nSPS) is 10.6. The molecule has 0 saturated heterocycles. The quantitative estimate of drug-likeness (QED) is 0.699. The summed E-state index contributed by atoms with van der Waals surface area (Å²) < 4.78 is 5.52. The van der Waals surface area contributed by atoms with Crippen molar-refractivity contribution in [3.63, 3.8) is 0 Å². The minimum absolute atomic E-state index is 0.422. The fourth-order valence-electron chi connectivity index (χ4n) is 0.965. The summed E-state index contributed by atoms with van der Waals surface area (Å²) in [5.74, 6) is 1.25. The van der Waals surface area contributed by atoms with Crippen LogP contribution < -0.4 is 4.74 Å². The smallest absolute Gasteiger partial charge is 0.122 e. The first-order valence-corrected chi connectivity index (χ1v) is 5.04. The number of hydrogen-bond donors (Lipinski definition) is 0. The third kappa shape index (κ3) is 3.94. The molecule has 3 nitrogen and oxygen atoms in total. The van der Waals surface area contributed by atoms with Gasteiger partial charge in [-0.05, 0) is 20.2 Å². The molecule has 0 aliphatic heterocycles. The van der Waals surface area contributed by atoms with E-state index in [0.717, 1.165) is 18.0 Å². The molecule has 4 heteroatoms. The molecular formula is C10H15ClN2O. The lowest BCUT2D eigenvalue weighted by molar-refractivity contribution is 0.261. The topological polar surface area (TPSA) is 25.4 Å². The summed E-state index contributed by atoms with van der Waals surface area (Å²) in [4.78, 5) is 6.15. The number of halogens is 1. The predicted octanol–water partition coefficient (Wildman–Crippen LogP) is 1.76. The first-order chi connectivity index (χ1) is 6.72. The highest BCUT2D eigenvalue weighted by molar-refractivity contribution is 6.16. The average Bonchev–Trinajstić information content (AvgIpc) is 2.18. The molecule has 14 heavy (non-hydrogen) atoms. The van der Waals surface area contributed by atoms with E-state index < -0.39 is 0 Å². The van der Waals surface area contributed by atoms with Crippen LogP contribution in [0.2, 0.25) is 0 Å². The Kier molecular flexibility index (Phi) is 4.70. The summed E-state index contributed by atoms with van der Waals surface area (Å²) in [6.07, 6.45) is 1.71. The molecule has 78 valence electrons. The van der Waals surface area contributed by atoms with Crippen LogP contribution in [0.3, 0.4) is 0 Å². The Hall–Kier alpha value is -0.800. The van der Waals surface area contributed by atoms with Crippen LogP contribution >= 0.6 is 11.6 Å². The molecular weight excluding hydrogens is 200 g/mol. The largest absolute Gasteiger partial charge is 0.492 e. The lowest BCUT2D eigenvalue weighted by Crippen LogP contribution is -2.19. The maximum atomic E-state index is 5.66. The van der Waals surface area contributed by atoms with Gasteiger partial charge in [0.05, 0.1) is 11.6 Å². The molecule has 0 aliphatic rings. The van der Waals surface area contributed by atoms with Crippen LogP contribution in [0, 0.1) is 0 Å². The molecule has 0 amide bonds. The first-order valence-electron chi connectivity index (χ1n) is 4.51. The predicted molar refractivity (Wildman–Crippen MR) is 57.8 cm³/mol. The van der Waals surface area contributed by atoms with Gasteiger partial charge in [-0.1, -0.05) is 0 Å². The Labute approximate surface area is 89.7 Å². The fourth-order valence-corrected chi connectivity index (χ4v) is 1.11. The maximum Gasteiger partial charge on any atom is 0.122 e. The molecule has 1 rings (SSSR count). The number of hydrogen-bond acceptors (Lipinski definition) is 3. The zero-order chi connectivity index (χ0) is 10.4. The van der Waals surface area contributed by atoms with E-state index in [9.17, 15) is 0 Å². The van der Waals surface area contributed by atoms with Gasteiger partial charge in [-0.15, -0.1) is 11.6 Å². The Morgan fingerprint density at radius 2 is 2.29 bits per heavy atom. The van der Waals surface area contributed by atoms with E-state index in [1.165, 1.54) is 0 Å². The third-order valence-corrected chi connectivity index (χ3v) is 2.01. The van der Waals surface area contributed by atoms with Gasteiger partial charge in [0.15, 0.2) is 0 Å². The number of nitrogens with zero attached hydrogens (tertiary/aromatic N) is 2. The standard InChI is InChI=1S/C10H15ClN2O/c1-13(2)5-6-14-10-3-4-12-9(7-10)8-11/h3-4,7H,5-6,8H2,1-2H3. The van der Waals surface area contributed by atoms with Crippen molar-refractivity contribution in [2.24, 2.45) is 0 Å². The second kappa shape index (κ2) is 5.83. The molecule has 0 saturated carbocycles. The van der Waals surface area contributed by atoms with Gasteiger partial charge in [-0.2, -0.15) is 0 Å². The molecule has 0 unspecified atom stereocenters. The monoisotopic (exact) mass is 214 g/mol. The third-order valence-electron chi connectivity index (χ3n) is 1.73. The molecule has 0 fully saturated rings. The molecule has 1 aromatic heterocycles. The van der Waals surface area contributed by atoms with Crippen LogP contribution in [0.4, 0.5) is 0 Å². The minimum Gasteiger partial charge on any atom is -0.492 e. The number of rotatable bonds is 5. The van der Waals surface area contributed by atoms with Gasteiger partial charge in [0.25, 0.3) is 0 Å². The summed E-state index contributed by atoms with van der Waals surface area (Å²) in [6.45, 7) is 1.58. The SMILES string of the molecule is CN(C)CCOc1ccnc(CCl)c1. The summed E-state index contributed by atoms with van der Waals surface area (Å²) >= 11 is 5.66. The lowest BCUT2D eigenvalue weighted by atomic mass is 10.3. The number of pyridine rings is 1. The van der Waals surface area contributed by atoms with Crippen LogP contribution in [-0.2, 0) is 5.88 Å². The molecule has 1 heterocycles. The van der Waals surface area contributed by atoms with Crippen molar-refractivity contribution in [3.8, 4) is 5.75 Å². The van der Waals surface area contributed by atoms with Gasteiger partial charge in [-0.3, -0.25) is 4.98 Å². The van der Waals surface area contributed by atoms with E-state index in [4.69, 9.17) is 16.3 Å². The van der Waals surface area contributed by atoms with Crippen molar-refractivity contribution < 1.29 is 4.74 Å². The Morgan fingerprint density at radius 1 is 1.50 bits per heavy atom. The van der Waals surface area contributed by atoms with Gasteiger partial charge in [0, 0.05) is 18.8 Å². The van der Waals surface area contributed by atoms with Gasteiger partial charge in [0.1, 0.15) is 12.4 Å². The Balaban J connectivity index is 2.42. The van der Waals surface area contributed by atoms with E-state index in [1.807, 2.05) is 26.2 Å². The van der Waals surface area contributed by atoms with Gasteiger partial charge >= 0.3 is 0 Å². The van der Waals surface area contributed by atoms with Crippen LogP contribution in [-0.4, -0.2) is 37.1 Å². The molecule has 0 bridgehead atoms. The summed E-state index contributed by atoms with van der Waals surface area (Å²) in [5, 5.41) is 0. The first kappa shape index (κ1) is 11.3. The number of alkyl halides is 1. The Bertz CT molecular complexity index is 279. The van der Waals surface area contributed by atoms with E-state index in [-0.39, 0.29) is 0 Å². The highest BCUT2D eigenvalue weighted by Crippen LogP contribution is 2.11. The van der Waals surface area contributed by atoms with Crippen molar-refractivity contribution in [2.75, 3.05) is 27.2 Å². The van der Waals surface area contributed by atoms with Crippen LogP contribution in [0.25, 0.3) is 0 Å². The highest BCUT2D eigenvalue weighted by atomic mass is 35.5. The van der Waals surface area contributed by atoms with Crippen molar-refractivity contribution in [1.82, 2.24) is 9.88 Å². The van der Waals surface area contributed by atoms with Gasteiger partial charge in [0.2, 0.25) is 0 Å². The molecule has 0 atom stereocenters. The zero-order valence-electron chi connectivity index (χ0n) is 8.53. The zero-order valence-corrected chi connectivity index (χ0v) is 9.29. The molecule has 0 aliphatic carbocycles. The molecule has 1 aromatic rings. The van der Waals surface area contributed by atoms with E-state index in [1.54, 1.807) is 6.20 Å². The molecule has 0 aromatic carbocycles. The number of aromatic nitrogens is 1. The van der Waals surface area contributed by atoms with Crippen molar-refractivity contribution in [3.05, 3.63) is 24.0 Å². The fraction of sp³-hybridized carbons (Fsp3) is 0.500. The maximum absolute atomic E-state index is 5.66. The average molecular weight is 215 g/mol. The lowest BCUT2D eigenvalue weighted by Gasteiger charge is -2.10. The number of ether oxygens (including phenoxy) is 1. The van der Waals surface area contributed by atoms with Crippen LogP contribution in [0.15, 0.2) is 18.3 Å². The van der Waals surface area contributed by atoms with Crippen molar-refractivity contribution in [1.29, 1.82) is 0 Å². The summed E-state index contributed by atoms with van der Waals surface area (Å²) in [5.41, 5.74) is 0.842. The molecule has 0 spiro atoms. The Morgan fingerprint density at radius 3 is 2.93 bits per heavy atom. The summed E-state index contributed by atoms with van der Waals surface area (Å²) in [7, 11) is 4.03. The van der Waals surface area contributed by atoms with E-state index in [2.05, 4.69) is 9.88 Å². The summed E-state index contributed by atoms with van der Waals surface area (Å²) in [6, 6.07) is 3.70. The van der Waals surface area contributed by atoms with Gasteiger partial charge < -0.3 is 9.64 Å². The molecule has 0 radical (unpaired) electrons. The van der Waals surface area contributed by atoms with E-state index in [0.29, 0.717) is 12.5 Å². The second-order valence-corrected chi connectivity index (χ2v) is 3.54. The van der Waals surface area contributed by atoms with Crippen molar-refractivity contribution in [2.45, 2.75) is 5.88 Å².